The van der Waals surface area contributed by atoms with Gasteiger partial charge in [-0.1, -0.05) is 12.1 Å². The van der Waals surface area contributed by atoms with Crippen molar-refractivity contribution >= 4 is 17.4 Å². The molecule has 3 nitrogen and oxygen atoms in total. The number of nitrogens with one attached hydrogen (secondary N) is 1. The van der Waals surface area contributed by atoms with Gasteiger partial charge in [0.2, 0.25) is 0 Å². The van der Waals surface area contributed by atoms with E-state index < -0.39 is 0 Å². The number of benzene rings is 1. The van der Waals surface area contributed by atoms with Gasteiger partial charge < -0.3 is 15.0 Å². The van der Waals surface area contributed by atoms with Gasteiger partial charge >= 0.3 is 0 Å². The average molecular weight is 266 g/mol. The number of rotatable bonds is 6. The average Bonchev–Trinajstić information content (AvgIpc) is 2.45. The molecule has 18 heavy (non-hydrogen) atoms. The Hall–Kier alpha value is -0.710. The summed E-state index contributed by atoms with van der Waals surface area (Å²) in [6.45, 7) is 5.74. The van der Waals surface area contributed by atoms with Crippen LogP contribution in [-0.4, -0.2) is 44.9 Å². The smallest absolute Gasteiger partial charge is 0.0642 e. The summed E-state index contributed by atoms with van der Waals surface area (Å²) in [6.07, 6.45) is 2.14. The van der Waals surface area contributed by atoms with Crippen molar-refractivity contribution in [3.05, 3.63) is 29.8 Å². The molecule has 0 aromatic heterocycles. The monoisotopic (exact) mass is 266 g/mol. The van der Waals surface area contributed by atoms with Crippen molar-refractivity contribution in [2.45, 2.75) is 6.54 Å². The summed E-state index contributed by atoms with van der Waals surface area (Å²) in [5.41, 5.74) is 2.67. The quantitative estimate of drug-likeness (QED) is 0.796. The van der Waals surface area contributed by atoms with Crippen LogP contribution in [0.25, 0.3) is 0 Å². The molecule has 100 valence electrons. The first-order chi connectivity index (χ1) is 8.90. The highest BCUT2D eigenvalue weighted by Gasteiger charge is 2.10. The number of morpholine rings is 1. The van der Waals surface area contributed by atoms with Crippen LogP contribution in [0.2, 0.25) is 0 Å². The zero-order valence-corrected chi connectivity index (χ0v) is 11.8. The highest BCUT2D eigenvalue weighted by atomic mass is 32.2. The fraction of sp³-hybridized carbons (Fsp3) is 0.571. The second-order valence-electron chi connectivity index (χ2n) is 4.44. The minimum absolute atomic E-state index is 0.845. The highest BCUT2D eigenvalue weighted by Crippen LogP contribution is 2.16. The maximum Gasteiger partial charge on any atom is 0.0642 e. The second-order valence-corrected chi connectivity index (χ2v) is 5.42. The van der Waals surface area contributed by atoms with Crippen LogP contribution in [0.1, 0.15) is 5.56 Å². The van der Waals surface area contributed by atoms with Crippen molar-refractivity contribution in [3.63, 3.8) is 0 Å². The lowest BCUT2D eigenvalue weighted by atomic mass is 10.2. The van der Waals surface area contributed by atoms with Crippen LogP contribution in [0.3, 0.4) is 0 Å². The van der Waals surface area contributed by atoms with Crippen LogP contribution in [0.5, 0.6) is 0 Å². The Kier molecular flexibility index (Phi) is 5.84. The number of hydrogen-bond donors (Lipinski definition) is 1. The number of thioether (sulfide) groups is 1. The molecule has 0 atom stereocenters. The molecule has 1 aromatic rings. The summed E-state index contributed by atoms with van der Waals surface area (Å²) >= 11 is 1.88. The molecule has 1 heterocycles. The highest BCUT2D eigenvalue weighted by molar-refractivity contribution is 7.98. The van der Waals surface area contributed by atoms with Crippen LogP contribution >= 0.6 is 11.8 Å². The summed E-state index contributed by atoms with van der Waals surface area (Å²) in [4.78, 5) is 2.38. The van der Waals surface area contributed by atoms with E-state index in [2.05, 4.69) is 40.7 Å². The molecule has 0 aliphatic carbocycles. The van der Waals surface area contributed by atoms with Gasteiger partial charge in [0.1, 0.15) is 0 Å². The fourth-order valence-electron chi connectivity index (χ4n) is 2.05. The van der Waals surface area contributed by atoms with Gasteiger partial charge in [-0.15, -0.1) is 0 Å². The normalized spacial score (nSPS) is 15.9. The van der Waals surface area contributed by atoms with Crippen LogP contribution in [-0.2, 0) is 11.3 Å². The number of ether oxygens (including phenoxy) is 1. The Labute approximate surface area is 114 Å². The molecule has 0 unspecified atom stereocenters. The topological polar surface area (TPSA) is 24.5 Å². The van der Waals surface area contributed by atoms with Crippen LogP contribution in [0, 0.1) is 0 Å². The molecule has 4 heteroatoms. The lowest BCUT2D eigenvalue weighted by Gasteiger charge is -2.28. The third-order valence-electron chi connectivity index (χ3n) is 3.12. The Morgan fingerprint density at radius 1 is 1.22 bits per heavy atom. The number of anilines is 1. The van der Waals surface area contributed by atoms with Gasteiger partial charge in [0.15, 0.2) is 0 Å². The van der Waals surface area contributed by atoms with Crippen molar-refractivity contribution in [1.29, 1.82) is 0 Å². The SMILES string of the molecule is CSCCNCc1ccc(N2CCOCC2)cc1. The van der Waals surface area contributed by atoms with Gasteiger partial charge in [-0.05, 0) is 24.0 Å². The predicted molar refractivity (Wildman–Crippen MR) is 79.6 cm³/mol. The number of hydrogen-bond acceptors (Lipinski definition) is 4. The zero-order valence-electron chi connectivity index (χ0n) is 11.0. The van der Waals surface area contributed by atoms with E-state index in [9.17, 15) is 0 Å². The molecule has 2 rings (SSSR count). The van der Waals surface area contributed by atoms with Gasteiger partial charge in [-0.2, -0.15) is 11.8 Å². The summed E-state index contributed by atoms with van der Waals surface area (Å²) in [5, 5.41) is 3.45. The number of nitrogens with zero attached hydrogens (tertiary/aromatic N) is 1. The van der Waals surface area contributed by atoms with Crippen molar-refractivity contribution in [1.82, 2.24) is 5.32 Å². The zero-order chi connectivity index (χ0) is 12.6. The molecule has 1 aromatic carbocycles. The van der Waals surface area contributed by atoms with Crippen LogP contribution in [0.4, 0.5) is 5.69 Å². The molecular weight excluding hydrogens is 244 g/mol. The largest absolute Gasteiger partial charge is 0.378 e. The predicted octanol–water partition coefficient (Wildman–Crippen LogP) is 1.98. The van der Waals surface area contributed by atoms with E-state index in [0.29, 0.717) is 0 Å². The molecule has 1 fully saturated rings. The molecule has 1 N–H and O–H groups in total. The van der Waals surface area contributed by atoms with E-state index in [0.717, 1.165) is 39.4 Å². The van der Waals surface area contributed by atoms with Crippen molar-refractivity contribution < 1.29 is 4.74 Å². The van der Waals surface area contributed by atoms with Crippen LogP contribution < -0.4 is 10.2 Å². The third kappa shape index (κ3) is 4.19. The van der Waals surface area contributed by atoms with Gasteiger partial charge in [-0.25, -0.2) is 0 Å². The van der Waals surface area contributed by atoms with Crippen molar-refractivity contribution in [2.75, 3.05) is 49.8 Å². The van der Waals surface area contributed by atoms with E-state index >= 15 is 0 Å². The van der Waals surface area contributed by atoms with Gasteiger partial charge in [-0.3, -0.25) is 0 Å². The Morgan fingerprint density at radius 3 is 2.61 bits per heavy atom. The van der Waals surface area contributed by atoms with E-state index in [-0.39, 0.29) is 0 Å². The molecule has 1 saturated heterocycles. The van der Waals surface area contributed by atoms with E-state index in [1.807, 2.05) is 11.8 Å². The van der Waals surface area contributed by atoms with Gasteiger partial charge in [0.25, 0.3) is 0 Å². The van der Waals surface area contributed by atoms with E-state index in [4.69, 9.17) is 4.74 Å². The molecule has 0 spiro atoms. The molecule has 0 amide bonds. The van der Waals surface area contributed by atoms with Crippen molar-refractivity contribution in [3.8, 4) is 0 Å². The second kappa shape index (κ2) is 7.67. The Bertz CT molecular complexity index is 336. The molecule has 1 aliphatic rings. The lowest BCUT2D eigenvalue weighted by molar-refractivity contribution is 0.122. The Balaban J connectivity index is 1.81. The molecular formula is C14H22N2OS. The first kappa shape index (κ1) is 13.7. The molecule has 0 radical (unpaired) electrons. The molecule has 0 saturated carbocycles. The molecule has 0 bridgehead atoms. The van der Waals surface area contributed by atoms with Gasteiger partial charge in [0, 0.05) is 37.6 Å². The summed E-state index contributed by atoms with van der Waals surface area (Å²) in [6, 6.07) is 8.88. The van der Waals surface area contributed by atoms with Gasteiger partial charge in [0.05, 0.1) is 13.2 Å². The van der Waals surface area contributed by atoms with E-state index in [1.165, 1.54) is 17.0 Å². The first-order valence-electron chi connectivity index (χ1n) is 6.51. The maximum atomic E-state index is 5.37. The van der Waals surface area contributed by atoms with Crippen molar-refractivity contribution in [2.24, 2.45) is 0 Å². The Morgan fingerprint density at radius 2 is 1.94 bits per heavy atom. The molecule has 1 aliphatic heterocycles. The summed E-state index contributed by atoms with van der Waals surface area (Å²) < 4.78 is 5.37. The minimum Gasteiger partial charge on any atom is -0.378 e. The standard InChI is InChI=1S/C14H22N2OS/c1-18-11-6-15-12-13-2-4-14(5-3-13)16-7-9-17-10-8-16/h2-5,15H,6-12H2,1H3. The first-order valence-corrected chi connectivity index (χ1v) is 7.91. The summed E-state index contributed by atoms with van der Waals surface area (Å²) in [7, 11) is 0. The third-order valence-corrected chi connectivity index (χ3v) is 3.74. The summed E-state index contributed by atoms with van der Waals surface area (Å²) in [5.74, 6) is 1.17. The van der Waals surface area contributed by atoms with E-state index in [1.54, 1.807) is 0 Å². The maximum absolute atomic E-state index is 5.37. The lowest BCUT2D eigenvalue weighted by Crippen LogP contribution is -2.36. The van der Waals surface area contributed by atoms with Crippen LogP contribution in [0.15, 0.2) is 24.3 Å². The minimum atomic E-state index is 0.845. The fourth-order valence-corrected chi connectivity index (χ4v) is 2.40.